The zero-order valence-corrected chi connectivity index (χ0v) is 14.4. The number of hydrogen-bond donors (Lipinski definition) is 2. The van der Waals surface area contributed by atoms with Crippen molar-refractivity contribution < 1.29 is 9.59 Å². The van der Waals surface area contributed by atoms with E-state index in [0.29, 0.717) is 29.9 Å². The predicted octanol–water partition coefficient (Wildman–Crippen LogP) is 2.61. The van der Waals surface area contributed by atoms with Crippen LogP contribution in [0.25, 0.3) is 0 Å². The van der Waals surface area contributed by atoms with Gasteiger partial charge in [0.1, 0.15) is 0 Å². The minimum atomic E-state index is -0.0994. The number of anilines is 1. The third kappa shape index (κ3) is 3.99. The molecule has 0 bridgehead atoms. The Morgan fingerprint density at radius 1 is 1.08 bits per heavy atom. The average molecular weight is 337 g/mol. The van der Waals surface area contributed by atoms with Crippen molar-refractivity contribution in [1.29, 1.82) is 0 Å². The molecule has 1 saturated heterocycles. The van der Waals surface area contributed by atoms with Gasteiger partial charge in [-0.05, 0) is 49.6 Å². The van der Waals surface area contributed by atoms with Crippen LogP contribution in [-0.2, 0) is 0 Å². The van der Waals surface area contributed by atoms with Crippen molar-refractivity contribution in [1.82, 2.24) is 10.2 Å². The van der Waals surface area contributed by atoms with E-state index in [0.717, 1.165) is 18.4 Å². The van der Waals surface area contributed by atoms with Gasteiger partial charge < -0.3 is 16.0 Å². The maximum absolute atomic E-state index is 12.5. The molecular formula is C20H23N3O2. The fourth-order valence-electron chi connectivity index (χ4n) is 3.14. The fraction of sp³-hybridized carbons (Fsp3) is 0.300. The molecule has 5 nitrogen and oxygen atoms in total. The quantitative estimate of drug-likeness (QED) is 0.846. The number of amides is 2. The molecule has 1 aliphatic rings. The molecule has 2 aromatic carbocycles. The molecule has 1 fully saturated rings. The molecule has 1 aliphatic heterocycles. The maximum Gasteiger partial charge on any atom is 0.253 e. The molecule has 0 aliphatic carbocycles. The van der Waals surface area contributed by atoms with Gasteiger partial charge in [-0.15, -0.1) is 0 Å². The fourth-order valence-corrected chi connectivity index (χ4v) is 3.14. The Hall–Kier alpha value is -2.82. The van der Waals surface area contributed by atoms with Crippen LogP contribution in [0.5, 0.6) is 0 Å². The molecule has 130 valence electrons. The van der Waals surface area contributed by atoms with E-state index in [2.05, 4.69) is 5.32 Å². The van der Waals surface area contributed by atoms with E-state index in [-0.39, 0.29) is 17.9 Å². The number of rotatable bonds is 3. The van der Waals surface area contributed by atoms with Crippen LogP contribution < -0.4 is 11.1 Å². The Balaban J connectivity index is 1.57. The van der Waals surface area contributed by atoms with Crippen molar-refractivity contribution >= 4 is 17.5 Å². The van der Waals surface area contributed by atoms with Crippen LogP contribution in [0.1, 0.15) is 39.1 Å². The smallest absolute Gasteiger partial charge is 0.253 e. The van der Waals surface area contributed by atoms with Crippen LogP contribution in [0, 0.1) is 6.92 Å². The molecule has 2 aromatic rings. The lowest BCUT2D eigenvalue weighted by Gasteiger charge is -2.32. The lowest BCUT2D eigenvalue weighted by atomic mass is 10.0. The van der Waals surface area contributed by atoms with Crippen molar-refractivity contribution in [3.05, 3.63) is 65.2 Å². The first kappa shape index (κ1) is 17.0. The van der Waals surface area contributed by atoms with E-state index in [4.69, 9.17) is 5.73 Å². The second kappa shape index (κ2) is 7.38. The first-order valence-corrected chi connectivity index (χ1v) is 8.56. The molecule has 3 N–H and O–H groups in total. The molecule has 1 heterocycles. The highest BCUT2D eigenvalue weighted by Crippen LogP contribution is 2.16. The molecule has 25 heavy (non-hydrogen) atoms. The summed E-state index contributed by atoms with van der Waals surface area (Å²) in [6.45, 7) is 3.19. The average Bonchev–Trinajstić information content (AvgIpc) is 2.64. The van der Waals surface area contributed by atoms with Crippen LogP contribution in [0.15, 0.2) is 48.5 Å². The highest BCUT2D eigenvalue weighted by molar-refractivity contribution is 5.97. The summed E-state index contributed by atoms with van der Waals surface area (Å²) in [5.41, 5.74) is 8.59. The number of likely N-dealkylation sites (tertiary alicyclic amines) is 1. The summed E-state index contributed by atoms with van der Waals surface area (Å²) >= 11 is 0. The number of piperidine rings is 1. The van der Waals surface area contributed by atoms with Crippen LogP contribution >= 0.6 is 0 Å². The van der Waals surface area contributed by atoms with Gasteiger partial charge in [0.25, 0.3) is 11.8 Å². The monoisotopic (exact) mass is 337 g/mol. The van der Waals surface area contributed by atoms with Crippen molar-refractivity contribution in [2.75, 3.05) is 18.8 Å². The van der Waals surface area contributed by atoms with Crippen molar-refractivity contribution in [2.24, 2.45) is 0 Å². The van der Waals surface area contributed by atoms with Gasteiger partial charge in [0, 0.05) is 35.9 Å². The summed E-state index contributed by atoms with van der Waals surface area (Å²) in [4.78, 5) is 26.8. The topological polar surface area (TPSA) is 75.4 Å². The second-order valence-electron chi connectivity index (χ2n) is 6.48. The zero-order chi connectivity index (χ0) is 17.8. The van der Waals surface area contributed by atoms with E-state index >= 15 is 0 Å². The molecular weight excluding hydrogens is 314 g/mol. The Morgan fingerprint density at radius 2 is 1.76 bits per heavy atom. The number of hydrogen-bond acceptors (Lipinski definition) is 3. The van der Waals surface area contributed by atoms with E-state index in [9.17, 15) is 9.59 Å². The standard InChI is InChI=1S/C20H23N3O2/c1-14-7-8-16(21)13-18(14)19(24)22-17-9-11-23(12-10-17)20(25)15-5-3-2-4-6-15/h2-8,13,17H,9-12,21H2,1H3,(H,22,24). The largest absolute Gasteiger partial charge is 0.399 e. The molecule has 0 aromatic heterocycles. The number of nitrogens with one attached hydrogen (secondary N) is 1. The van der Waals surface area contributed by atoms with Gasteiger partial charge in [-0.1, -0.05) is 24.3 Å². The number of aryl methyl sites for hydroxylation is 1. The lowest BCUT2D eigenvalue weighted by molar-refractivity contribution is 0.0698. The molecule has 0 unspecified atom stereocenters. The number of benzene rings is 2. The molecule has 5 heteroatoms. The predicted molar refractivity (Wildman–Crippen MR) is 98.4 cm³/mol. The molecule has 3 rings (SSSR count). The lowest BCUT2D eigenvalue weighted by Crippen LogP contribution is -2.46. The Labute approximate surface area is 147 Å². The van der Waals surface area contributed by atoms with Gasteiger partial charge in [-0.25, -0.2) is 0 Å². The number of nitrogens with two attached hydrogens (primary N) is 1. The summed E-state index contributed by atoms with van der Waals surface area (Å²) in [6, 6.07) is 14.7. The number of nitrogens with zero attached hydrogens (tertiary/aromatic N) is 1. The summed E-state index contributed by atoms with van der Waals surface area (Å²) < 4.78 is 0. The molecule has 0 saturated carbocycles. The summed E-state index contributed by atoms with van der Waals surface area (Å²) in [6.07, 6.45) is 1.51. The Bertz CT molecular complexity index is 766. The maximum atomic E-state index is 12.5. The molecule has 0 atom stereocenters. The molecule has 0 spiro atoms. The van der Waals surface area contributed by atoms with E-state index in [1.165, 1.54) is 0 Å². The molecule has 2 amide bonds. The summed E-state index contributed by atoms with van der Waals surface area (Å²) in [5.74, 6) is -0.0466. The molecule has 0 radical (unpaired) electrons. The number of carbonyl (C=O) groups excluding carboxylic acids is 2. The van der Waals surface area contributed by atoms with Crippen LogP contribution in [0.2, 0.25) is 0 Å². The van der Waals surface area contributed by atoms with Gasteiger partial charge >= 0.3 is 0 Å². The number of carbonyl (C=O) groups is 2. The summed E-state index contributed by atoms with van der Waals surface area (Å²) in [5, 5.41) is 3.07. The van der Waals surface area contributed by atoms with Gasteiger partial charge in [0.15, 0.2) is 0 Å². The third-order valence-corrected chi connectivity index (χ3v) is 4.64. The SMILES string of the molecule is Cc1ccc(N)cc1C(=O)NC1CCN(C(=O)c2ccccc2)CC1. The van der Waals surface area contributed by atoms with Gasteiger partial charge in [0.05, 0.1) is 0 Å². The van der Waals surface area contributed by atoms with Crippen molar-refractivity contribution in [3.8, 4) is 0 Å². The van der Waals surface area contributed by atoms with Crippen LogP contribution in [0.3, 0.4) is 0 Å². The van der Waals surface area contributed by atoms with Crippen LogP contribution in [-0.4, -0.2) is 35.8 Å². The van der Waals surface area contributed by atoms with Gasteiger partial charge in [0.2, 0.25) is 0 Å². The Morgan fingerprint density at radius 3 is 2.44 bits per heavy atom. The minimum absolute atomic E-state index is 0.0528. The normalized spacial score (nSPS) is 15.0. The zero-order valence-electron chi connectivity index (χ0n) is 14.4. The first-order valence-electron chi connectivity index (χ1n) is 8.56. The van der Waals surface area contributed by atoms with Gasteiger partial charge in [-0.2, -0.15) is 0 Å². The van der Waals surface area contributed by atoms with E-state index in [1.54, 1.807) is 12.1 Å². The van der Waals surface area contributed by atoms with Crippen LogP contribution in [0.4, 0.5) is 5.69 Å². The first-order chi connectivity index (χ1) is 12.0. The van der Waals surface area contributed by atoms with E-state index in [1.807, 2.05) is 48.2 Å². The second-order valence-corrected chi connectivity index (χ2v) is 6.48. The van der Waals surface area contributed by atoms with E-state index < -0.39 is 0 Å². The minimum Gasteiger partial charge on any atom is -0.399 e. The van der Waals surface area contributed by atoms with Gasteiger partial charge in [-0.3, -0.25) is 9.59 Å². The highest BCUT2D eigenvalue weighted by atomic mass is 16.2. The Kier molecular flexibility index (Phi) is 5.03. The van der Waals surface area contributed by atoms with Crippen molar-refractivity contribution in [2.45, 2.75) is 25.8 Å². The van der Waals surface area contributed by atoms with Crippen molar-refractivity contribution in [3.63, 3.8) is 0 Å². The number of nitrogen functional groups attached to an aromatic ring is 1. The third-order valence-electron chi connectivity index (χ3n) is 4.64. The summed E-state index contributed by atoms with van der Waals surface area (Å²) in [7, 11) is 0. The highest BCUT2D eigenvalue weighted by Gasteiger charge is 2.25.